The highest BCUT2D eigenvalue weighted by molar-refractivity contribution is 7.21. The second-order valence-electron chi connectivity index (χ2n) is 10.7. The van der Waals surface area contributed by atoms with Gasteiger partial charge in [-0.3, -0.25) is 19.2 Å². The number of nitrogens with zero attached hydrogens (tertiary/aromatic N) is 1. The third-order valence-electron chi connectivity index (χ3n) is 7.44. The molecular weight excluding hydrogens is 649 g/mol. The standard InChI is InChI=1S/C31H33Cl2NO10S/c1-15(30(37)38)8-20(35)24-11-18-23(45-24)12-22(42-4)29(26(18)32)44-7-5-6-43-28-21(41-3)10-17-13-34(14-19(17)27(28)33)25(36)9-16(2)31(39)40/h10-12,15-16H,5-9,13-14H2,1-4H3,(H,37,38)(H,39,40). The van der Waals surface area contributed by atoms with Crippen LogP contribution in [0.4, 0.5) is 0 Å². The quantitative estimate of drug-likeness (QED) is 0.138. The lowest BCUT2D eigenvalue weighted by Gasteiger charge is -2.17. The SMILES string of the molecule is COc1cc2c(c(Cl)c1OCCCOc1c(OC)cc3sc(C(=O)CC(C)C(=O)O)cc3c1Cl)CN(C(=O)CC(C)C(=O)O)C2. The van der Waals surface area contributed by atoms with Crippen molar-refractivity contribution in [2.75, 3.05) is 27.4 Å². The monoisotopic (exact) mass is 681 g/mol. The second kappa shape index (κ2) is 14.6. The van der Waals surface area contributed by atoms with E-state index in [9.17, 15) is 19.2 Å². The van der Waals surface area contributed by atoms with E-state index in [4.69, 9.17) is 52.4 Å². The minimum absolute atomic E-state index is 0.110. The first-order valence-corrected chi connectivity index (χ1v) is 15.6. The smallest absolute Gasteiger partial charge is 0.306 e. The molecule has 0 radical (unpaired) electrons. The van der Waals surface area contributed by atoms with E-state index in [0.717, 1.165) is 11.1 Å². The van der Waals surface area contributed by atoms with Crippen LogP contribution >= 0.6 is 34.5 Å². The van der Waals surface area contributed by atoms with Crippen molar-refractivity contribution < 1.29 is 48.3 Å². The molecule has 1 aliphatic heterocycles. The van der Waals surface area contributed by atoms with Crippen LogP contribution in [0.5, 0.6) is 23.0 Å². The number of carbonyl (C=O) groups excluding carboxylic acids is 2. The molecule has 2 unspecified atom stereocenters. The van der Waals surface area contributed by atoms with Crippen LogP contribution in [-0.2, 0) is 27.5 Å². The number of hydrogen-bond acceptors (Lipinski definition) is 9. The van der Waals surface area contributed by atoms with E-state index in [0.29, 0.717) is 55.9 Å². The Bertz CT molecular complexity index is 1640. The van der Waals surface area contributed by atoms with Crippen LogP contribution in [0.15, 0.2) is 18.2 Å². The van der Waals surface area contributed by atoms with Crippen LogP contribution < -0.4 is 18.9 Å². The Morgan fingerprint density at radius 2 is 1.44 bits per heavy atom. The number of thiophene rings is 1. The number of methoxy groups -OCH3 is 2. The summed E-state index contributed by atoms with van der Waals surface area (Å²) < 4.78 is 23.7. The predicted molar refractivity (Wildman–Crippen MR) is 168 cm³/mol. The highest BCUT2D eigenvalue weighted by atomic mass is 35.5. The number of aliphatic carboxylic acids is 2. The van der Waals surface area contributed by atoms with Gasteiger partial charge in [0.2, 0.25) is 5.91 Å². The summed E-state index contributed by atoms with van der Waals surface area (Å²) in [5, 5.41) is 19.5. The zero-order valence-electron chi connectivity index (χ0n) is 25.1. The Hall–Kier alpha value is -3.74. The molecule has 4 rings (SSSR count). The van der Waals surface area contributed by atoms with E-state index >= 15 is 0 Å². The number of halogens is 2. The number of benzene rings is 2. The Kier molecular flexibility index (Phi) is 11.1. The van der Waals surface area contributed by atoms with Gasteiger partial charge in [0.1, 0.15) is 0 Å². The third kappa shape index (κ3) is 7.57. The van der Waals surface area contributed by atoms with Crippen molar-refractivity contribution in [2.45, 2.75) is 46.2 Å². The van der Waals surface area contributed by atoms with Crippen molar-refractivity contribution in [1.82, 2.24) is 4.90 Å². The fourth-order valence-electron chi connectivity index (χ4n) is 4.80. The van der Waals surface area contributed by atoms with Crippen molar-refractivity contribution in [2.24, 2.45) is 11.8 Å². The molecule has 1 aliphatic rings. The zero-order chi connectivity index (χ0) is 33.0. The number of rotatable bonds is 15. The highest BCUT2D eigenvalue weighted by Gasteiger charge is 2.31. The Labute approximate surface area is 273 Å². The van der Waals surface area contributed by atoms with Crippen LogP contribution in [0.2, 0.25) is 10.0 Å². The zero-order valence-corrected chi connectivity index (χ0v) is 27.4. The van der Waals surface area contributed by atoms with Crippen molar-refractivity contribution in [3.05, 3.63) is 44.2 Å². The first-order chi connectivity index (χ1) is 21.4. The number of ketones is 1. The minimum Gasteiger partial charge on any atom is -0.493 e. The topological polar surface area (TPSA) is 149 Å². The molecule has 2 heterocycles. The van der Waals surface area contributed by atoms with E-state index in [1.165, 1.54) is 39.4 Å². The second-order valence-corrected chi connectivity index (χ2v) is 12.6. The predicted octanol–water partition coefficient (Wildman–Crippen LogP) is 6.32. The summed E-state index contributed by atoms with van der Waals surface area (Å²) in [5.74, 6) is -2.81. The van der Waals surface area contributed by atoms with Gasteiger partial charge in [0.05, 0.1) is 54.2 Å². The Morgan fingerprint density at radius 1 is 0.867 bits per heavy atom. The average molecular weight is 683 g/mol. The maximum absolute atomic E-state index is 12.7. The van der Waals surface area contributed by atoms with E-state index in [-0.39, 0.29) is 49.3 Å². The average Bonchev–Trinajstić information content (AvgIpc) is 3.63. The summed E-state index contributed by atoms with van der Waals surface area (Å²) in [5.41, 5.74) is 1.52. The highest BCUT2D eigenvalue weighted by Crippen LogP contribution is 2.45. The number of carbonyl (C=O) groups is 4. The van der Waals surface area contributed by atoms with Crippen molar-refractivity contribution in [1.29, 1.82) is 0 Å². The fraction of sp³-hybridized carbons (Fsp3) is 0.419. The molecule has 14 heteroatoms. The Balaban J connectivity index is 1.40. The van der Waals surface area contributed by atoms with E-state index in [1.807, 2.05) is 0 Å². The summed E-state index contributed by atoms with van der Waals surface area (Å²) >= 11 is 14.6. The van der Waals surface area contributed by atoms with Gasteiger partial charge in [0.15, 0.2) is 28.8 Å². The number of carboxylic acid groups (broad SMARTS) is 2. The van der Waals surface area contributed by atoms with Gasteiger partial charge in [-0.25, -0.2) is 0 Å². The largest absolute Gasteiger partial charge is 0.493 e. The lowest BCUT2D eigenvalue weighted by atomic mass is 10.0. The molecule has 0 saturated heterocycles. The first kappa shape index (κ1) is 34.1. The molecular formula is C31H33Cl2NO10S. The van der Waals surface area contributed by atoms with Crippen molar-refractivity contribution in [3.63, 3.8) is 0 Å². The maximum Gasteiger partial charge on any atom is 0.306 e. The molecule has 0 bridgehead atoms. The molecule has 1 aromatic heterocycles. The first-order valence-electron chi connectivity index (χ1n) is 14.1. The molecule has 1 amide bonds. The molecule has 45 heavy (non-hydrogen) atoms. The van der Waals surface area contributed by atoms with Gasteiger partial charge in [-0.05, 0) is 23.3 Å². The number of amides is 1. The molecule has 0 fully saturated rings. The number of Topliss-reactive ketones (excluding diaryl/α,β-unsaturated/α-hetero) is 1. The molecule has 3 aromatic rings. The van der Waals surface area contributed by atoms with Crippen LogP contribution in [0, 0.1) is 11.8 Å². The van der Waals surface area contributed by atoms with Crippen LogP contribution in [0.3, 0.4) is 0 Å². The number of hydrogen-bond donors (Lipinski definition) is 2. The number of fused-ring (bicyclic) bond motifs is 2. The van der Waals surface area contributed by atoms with Gasteiger partial charge in [-0.15, -0.1) is 11.3 Å². The van der Waals surface area contributed by atoms with Crippen molar-refractivity contribution >= 4 is 68.3 Å². The summed E-state index contributed by atoms with van der Waals surface area (Å²) in [6.45, 7) is 3.90. The molecule has 11 nitrogen and oxygen atoms in total. The molecule has 0 aliphatic carbocycles. The lowest BCUT2D eigenvalue weighted by Crippen LogP contribution is -2.28. The van der Waals surface area contributed by atoms with E-state index < -0.39 is 23.8 Å². The number of carboxylic acids is 2. The normalized spacial score (nSPS) is 13.7. The summed E-state index contributed by atoms with van der Waals surface area (Å²) in [4.78, 5) is 49.6. The lowest BCUT2D eigenvalue weighted by molar-refractivity contribution is -0.145. The van der Waals surface area contributed by atoms with E-state index in [1.54, 1.807) is 23.1 Å². The van der Waals surface area contributed by atoms with Gasteiger partial charge < -0.3 is 34.1 Å². The van der Waals surface area contributed by atoms with Gasteiger partial charge in [0, 0.05) is 48.5 Å². The van der Waals surface area contributed by atoms with Gasteiger partial charge in [-0.1, -0.05) is 37.0 Å². The molecule has 2 aromatic carbocycles. The molecule has 2 atom stereocenters. The molecule has 2 N–H and O–H groups in total. The minimum atomic E-state index is -1.04. The fourth-order valence-corrected chi connectivity index (χ4v) is 6.53. The van der Waals surface area contributed by atoms with Crippen LogP contribution in [0.25, 0.3) is 10.1 Å². The molecule has 0 spiro atoms. The summed E-state index contributed by atoms with van der Waals surface area (Å²) in [7, 11) is 2.96. The molecule has 242 valence electrons. The van der Waals surface area contributed by atoms with Gasteiger partial charge in [0.25, 0.3) is 0 Å². The van der Waals surface area contributed by atoms with E-state index in [2.05, 4.69) is 0 Å². The Morgan fingerprint density at radius 3 is 2.04 bits per heavy atom. The van der Waals surface area contributed by atoms with Gasteiger partial charge in [-0.2, -0.15) is 0 Å². The van der Waals surface area contributed by atoms with Crippen LogP contribution in [0.1, 0.15) is 53.9 Å². The maximum atomic E-state index is 12.7. The number of ether oxygens (including phenoxy) is 4. The summed E-state index contributed by atoms with van der Waals surface area (Å²) in [6, 6.07) is 5.13. The molecule has 0 saturated carbocycles. The van der Waals surface area contributed by atoms with Crippen molar-refractivity contribution in [3.8, 4) is 23.0 Å². The third-order valence-corrected chi connectivity index (χ3v) is 9.34. The van der Waals surface area contributed by atoms with Crippen LogP contribution in [-0.4, -0.2) is 66.2 Å². The van der Waals surface area contributed by atoms with Gasteiger partial charge >= 0.3 is 11.9 Å². The summed E-state index contributed by atoms with van der Waals surface area (Å²) in [6.07, 6.45) is 0.189.